The first-order chi connectivity index (χ1) is 13.9. The molecule has 1 saturated carbocycles. The van der Waals surface area contributed by atoms with Crippen molar-refractivity contribution in [2.45, 2.75) is 32.2 Å². The number of likely N-dealkylation sites (tertiary alicyclic amines) is 2. The van der Waals surface area contributed by atoms with Crippen LogP contribution in [0.25, 0.3) is 11.0 Å². The van der Waals surface area contributed by atoms with Gasteiger partial charge in [-0.1, -0.05) is 12.5 Å². The van der Waals surface area contributed by atoms with Crippen molar-refractivity contribution in [1.29, 1.82) is 0 Å². The molecule has 0 amide bonds. The van der Waals surface area contributed by atoms with Crippen LogP contribution in [0.4, 0.5) is 0 Å². The largest absolute Gasteiger partial charge is 0.381 e. The lowest BCUT2D eigenvalue weighted by molar-refractivity contribution is 0.0967. The van der Waals surface area contributed by atoms with Crippen LogP contribution < -0.4 is 0 Å². The van der Waals surface area contributed by atoms with E-state index in [-0.39, 0.29) is 0 Å². The van der Waals surface area contributed by atoms with Gasteiger partial charge in [0, 0.05) is 45.2 Å². The Balaban J connectivity index is 0.998. The van der Waals surface area contributed by atoms with Crippen LogP contribution in [-0.4, -0.2) is 65.7 Å². The van der Waals surface area contributed by atoms with E-state index in [9.17, 15) is 0 Å². The van der Waals surface area contributed by atoms with E-state index in [1.54, 1.807) is 12.4 Å². The van der Waals surface area contributed by atoms with Crippen LogP contribution in [-0.2, 0) is 11.3 Å². The van der Waals surface area contributed by atoms with Gasteiger partial charge in [-0.3, -0.25) is 14.9 Å². The van der Waals surface area contributed by atoms with Gasteiger partial charge in [0.05, 0.1) is 17.6 Å². The molecule has 0 bridgehead atoms. The lowest BCUT2D eigenvalue weighted by Gasteiger charge is -2.26. The zero-order valence-corrected chi connectivity index (χ0v) is 16.8. The molecule has 2 saturated heterocycles. The van der Waals surface area contributed by atoms with Crippen molar-refractivity contribution in [3.8, 4) is 0 Å². The molecule has 3 aliphatic rings. The molecule has 150 valence electrons. The van der Waals surface area contributed by atoms with Crippen molar-refractivity contribution < 1.29 is 4.74 Å². The van der Waals surface area contributed by atoms with E-state index < -0.39 is 0 Å². The Labute approximate surface area is 168 Å². The molecule has 3 atom stereocenters. The first-order valence-corrected chi connectivity index (χ1v) is 11.1. The van der Waals surface area contributed by atoms with Crippen molar-refractivity contribution in [3.05, 3.63) is 36.2 Å². The first-order valence-electron chi connectivity index (χ1n) is 11.1. The molecule has 5 heteroatoms. The summed E-state index contributed by atoms with van der Waals surface area (Å²) in [5.74, 6) is 2.54. The van der Waals surface area contributed by atoms with Crippen LogP contribution in [0.1, 0.15) is 31.2 Å². The van der Waals surface area contributed by atoms with E-state index in [2.05, 4.69) is 38.0 Å². The highest BCUT2D eigenvalue weighted by molar-refractivity contribution is 5.74. The molecule has 2 aliphatic heterocycles. The SMILES string of the molecule is c1cnc2cc(CN3C[C@@H]4C(COCCCN5CCCCC5)[C@@H]4C3)ccc2n1. The van der Waals surface area contributed by atoms with E-state index in [0.717, 1.165) is 48.5 Å². The summed E-state index contributed by atoms with van der Waals surface area (Å²) in [5.41, 5.74) is 3.33. The summed E-state index contributed by atoms with van der Waals surface area (Å²) < 4.78 is 6.03. The van der Waals surface area contributed by atoms with Crippen LogP contribution in [0.2, 0.25) is 0 Å². The standard InChI is InChI=1S/C23H32N4O/c1-2-9-26(10-3-1)11-4-12-28-17-21-19-15-27(16-20(19)21)14-18-5-6-22-23(13-18)25-8-7-24-22/h5-8,13,19-21H,1-4,9-12,14-17H2/t19-,20+,21?. The van der Waals surface area contributed by atoms with Crippen LogP contribution in [0.15, 0.2) is 30.6 Å². The summed E-state index contributed by atoms with van der Waals surface area (Å²) in [6.45, 7) is 9.22. The molecule has 0 spiro atoms. The van der Waals surface area contributed by atoms with Crippen molar-refractivity contribution >= 4 is 11.0 Å². The summed E-state index contributed by atoms with van der Waals surface area (Å²) in [6, 6.07) is 6.48. The van der Waals surface area contributed by atoms with Gasteiger partial charge in [-0.05, 0) is 67.8 Å². The Morgan fingerprint density at radius 3 is 2.54 bits per heavy atom. The number of piperidine rings is 2. The van der Waals surface area contributed by atoms with E-state index >= 15 is 0 Å². The van der Waals surface area contributed by atoms with Crippen LogP contribution in [0.3, 0.4) is 0 Å². The third-order valence-electron chi connectivity index (χ3n) is 6.91. The van der Waals surface area contributed by atoms with Crippen molar-refractivity contribution in [3.63, 3.8) is 0 Å². The minimum absolute atomic E-state index is 0.814. The number of fused-ring (bicyclic) bond motifs is 2. The number of benzene rings is 1. The molecule has 1 aromatic heterocycles. The van der Waals surface area contributed by atoms with Crippen LogP contribution in [0, 0.1) is 17.8 Å². The Morgan fingerprint density at radius 2 is 1.71 bits per heavy atom. The average Bonchev–Trinajstić information content (AvgIpc) is 3.19. The molecule has 1 aliphatic carbocycles. The minimum atomic E-state index is 0.814. The number of hydrogen-bond donors (Lipinski definition) is 0. The lowest BCUT2D eigenvalue weighted by atomic mass is 10.1. The fourth-order valence-corrected chi connectivity index (χ4v) is 5.27. The maximum atomic E-state index is 6.03. The number of aromatic nitrogens is 2. The smallest absolute Gasteiger partial charge is 0.0890 e. The molecule has 3 fully saturated rings. The predicted octanol–water partition coefficient (Wildman–Crippen LogP) is 3.20. The maximum Gasteiger partial charge on any atom is 0.0890 e. The average molecular weight is 381 g/mol. The topological polar surface area (TPSA) is 41.5 Å². The van der Waals surface area contributed by atoms with Gasteiger partial charge in [0.2, 0.25) is 0 Å². The third kappa shape index (κ3) is 4.22. The molecule has 3 heterocycles. The van der Waals surface area contributed by atoms with Crippen molar-refractivity contribution in [2.24, 2.45) is 17.8 Å². The van der Waals surface area contributed by atoms with Gasteiger partial charge in [0.15, 0.2) is 0 Å². The van der Waals surface area contributed by atoms with Crippen LogP contribution in [0.5, 0.6) is 0 Å². The normalized spacial score (nSPS) is 27.9. The molecule has 0 radical (unpaired) electrons. The first kappa shape index (κ1) is 18.5. The molecule has 5 rings (SSSR count). The van der Waals surface area contributed by atoms with Gasteiger partial charge in [-0.25, -0.2) is 0 Å². The van der Waals surface area contributed by atoms with Gasteiger partial charge < -0.3 is 9.64 Å². The molecule has 5 nitrogen and oxygen atoms in total. The van der Waals surface area contributed by atoms with Gasteiger partial charge in [-0.15, -0.1) is 0 Å². The second-order valence-electron chi connectivity index (χ2n) is 8.90. The second kappa shape index (κ2) is 8.44. The predicted molar refractivity (Wildman–Crippen MR) is 111 cm³/mol. The summed E-state index contributed by atoms with van der Waals surface area (Å²) in [7, 11) is 0. The van der Waals surface area contributed by atoms with Gasteiger partial charge in [0.1, 0.15) is 0 Å². The molecule has 2 aromatic rings. The van der Waals surface area contributed by atoms with E-state index in [1.165, 1.54) is 64.0 Å². The van der Waals surface area contributed by atoms with E-state index in [0.29, 0.717) is 0 Å². The molecule has 0 N–H and O–H groups in total. The number of rotatable bonds is 8. The van der Waals surface area contributed by atoms with Crippen LogP contribution >= 0.6 is 0 Å². The molecular weight excluding hydrogens is 348 g/mol. The fraction of sp³-hybridized carbons (Fsp3) is 0.652. The summed E-state index contributed by atoms with van der Waals surface area (Å²) in [6.07, 6.45) is 8.91. The number of ether oxygens (including phenoxy) is 1. The highest BCUT2D eigenvalue weighted by Crippen LogP contribution is 2.52. The van der Waals surface area contributed by atoms with Crippen molar-refractivity contribution in [2.75, 3.05) is 45.9 Å². The summed E-state index contributed by atoms with van der Waals surface area (Å²) in [4.78, 5) is 14.0. The van der Waals surface area contributed by atoms with Gasteiger partial charge in [-0.2, -0.15) is 0 Å². The molecular formula is C23H32N4O. The Morgan fingerprint density at radius 1 is 0.929 bits per heavy atom. The summed E-state index contributed by atoms with van der Waals surface area (Å²) >= 11 is 0. The molecule has 1 unspecified atom stereocenters. The van der Waals surface area contributed by atoms with Gasteiger partial charge >= 0.3 is 0 Å². The zero-order chi connectivity index (χ0) is 18.8. The third-order valence-corrected chi connectivity index (χ3v) is 6.91. The highest BCUT2D eigenvalue weighted by Gasteiger charge is 2.55. The van der Waals surface area contributed by atoms with E-state index in [1.807, 2.05) is 0 Å². The second-order valence-corrected chi connectivity index (χ2v) is 8.90. The summed E-state index contributed by atoms with van der Waals surface area (Å²) in [5, 5.41) is 0. The quantitative estimate of drug-likeness (QED) is 0.658. The Bertz CT molecular complexity index is 779. The molecule has 1 aromatic carbocycles. The Hall–Kier alpha value is -1.56. The maximum absolute atomic E-state index is 6.03. The molecule has 28 heavy (non-hydrogen) atoms. The Kier molecular flexibility index (Phi) is 5.56. The minimum Gasteiger partial charge on any atom is -0.381 e. The van der Waals surface area contributed by atoms with E-state index in [4.69, 9.17) is 4.74 Å². The van der Waals surface area contributed by atoms with Gasteiger partial charge in [0.25, 0.3) is 0 Å². The zero-order valence-electron chi connectivity index (χ0n) is 16.8. The number of nitrogens with zero attached hydrogens (tertiary/aromatic N) is 4. The fourth-order valence-electron chi connectivity index (χ4n) is 5.27. The monoisotopic (exact) mass is 380 g/mol. The highest BCUT2D eigenvalue weighted by atomic mass is 16.5. The number of hydrogen-bond acceptors (Lipinski definition) is 5. The van der Waals surface area contributed by atoms with Crippen molar-refractivity contribution in [1.82, 2.24) is 19.8 Å². The lowest BCUT2D eigenvalue weighted by Crippen LogP contribution is -2.31.